The summed E-state index contributed by atoms with van der Waals surface area (Å²) in [6, 6.07) is 0.625. The van der Waals surface area contributed by atoms with Gasteiger partial charge in [0.1, 0.15) is 6.04 Å². The summed E-state index contributed by atoms with van der Waals surface area (Å²) in [6.45, 7) is 3.57. The molecule has 3 fully saturated rings. The number of nitrogens with zero attached hydrogens (tertiary/aromatic N) is 3. The number of carbonyl (C=O) groups is 2. The van der Waals surface area contributed by atoms with Gasteiger partial charge in [-0.05, 0) is 39.3 Å². The lowest BCUT2D eigenvalue weighted by Gasteiger charge is -2.35. The first-order chi connectivity index (χ1) is 10.1. The Bertz CT molecular complexity index is 431. The highest BCUT2D eigenvalue weighted by Gasteiger charge is 2.43. The van der Waals surface area contributed by atoms with E-state index in [1.165, 1.54) is 12.8 Å². The van der Waals surface area contributed by atoms with Gasteiger partial charge in [0.2, 0.25) is 11.8 Å². The Balaban J connectivity index is 1.72. The highest BCUT2D eigenvalue weighted by Crippen LogP contribution is 2.31. The molecule has 0 unspecified atom stereocenters. The van der Waals surface area contributed by atoms with Crippen LogP contribution in [0.1, 0.15) is 32.6 Å². The molecule has 3 heterocycles. The Kier molecular flexibility index (Phi) is 4.45. The van der Waals surface area contributed by atoms with Crippen LogP contribution < -0.4 is 0 Å². The molecule has 2 amide bonds. The molecule has 21 heavy (non-hydrogen) atoms. The first-order valence-electron chi connectivity index (χ1n) is 7.95. The van der Waals surface area contributed by atoms with Crippen molar-refractivity contribution in [3.8, 4) is 0 Å². The Hall–Kier alpha value is -0.750. The van der Waals surface area contributed by atoms with E-state index in [0.29, 0.717) is 18.0 Å². The summed E-state index contributed by atoms with van der Waals surface area (Å²) in [6.07, 6.45) is 4.64. The smallest absolute Gasteiger partial charge is 0.246 e. The molecule has 3 aliphatic heterocycles. The molecule has 3 saturated heterocycles. The van der Waals surface area contributed by atoms with Gasteiger partial charge in [-0.1, -0.05) is 0 Å². The number of hydrogen-bond acceptors (Lipinski definition) is 4. The van der Waals surface area contributed by atoms with Gasteiger partial charge in [0, 0.05) is 31.3 Å². The fourth-order valence-corrected chi connectivity index (χ4v) is 5.25. The molecule has 0 aliphatic carbocycles. The fourth-order valence-electron chi connectivity index (χ4n) is 4.04. The van der Waals surface area contributed by atoms with Crippen molar-refractivity contribution in [3.05, 3.63) is 0 Å². The second-order valence-corrected chi connectivity index (χ2v) is 7.44. The van der Waals surface area contributed by atoms with E-state index in [2.05, 4.69) is 16.8 Å². The summed E-state index contributed by atoms with van der Waals surface area (Å²) in [5.41, 5.74) is 0. The van der Waals surface area contributed by atoms with Gasteiger partial charge in [0.25, 0.3) is 0 Å². The number of thioether (sulfide) groups is 1. The van der Waals surface area contributed by atoms with Crippen LogP contribution in [0.3, 0.4) is 0 Å². The average molecular weight is 311 g/mol. The van der Waals surface area contributed by atoms with Gasteiger partial charge in [-0.3, -0.25) is 9.59 Å². The van der Waals surface area contributed by atoms with E-state index in [-0.39, 0.29) is 17.9 Å². The minimum Gasteiger partial charge on any atom is -0.336 e. The third-order valence-electron chi connectivity index (χ3n) is 5.18. The largest absolute Gasteiger partial charge is 0.336 e. The monoisotopic (exact) mass is 311 g/mol. The van der Waals surface area contributed by atoms with Gasteiger partial charge in [-0.2, -0.15) is 0 Å². The molecule has 0 N–H and O–H groups in total. The minimum atomic E-state index is -0.236. The SMILES string of the molecule is CC(=O)N1CSC[C@@H]1C(=O)N1CCC[C@@H]1[C@H]1CCCN1C. The molecule has 5 nitrogen and oxygen atoms in total. The predicted octanol–water partition coefficient (Wildman–Crippen LogP) is 0.993. The van der Waals surface area contributed by atoms with Crippen molar-refractivity contribution >= 4 is 23.6 Å². The highest BCUT2D eigenvalue weighted by molar-refractivity contribution is 7.99. The second-order valence-electron chi connectivity index (χ2n) is 6.44. The second kappa shape index (κ2) is 6.16. The zero-order valence-corrected chi connectivity index (χ0v) is 13.8. The molecule has 6 heteroatoms. The molecule has 3 aliphatic rings. The first-order valence-corrected chi connectivity index (χ1v) is 9.10. The van der Waals surface area contributed by atoms with Gasteiger partial charge in [0.15, 0.2) is 0 Å². The van der Waals surface area contributed by atoms with Crippen molar-refractivity contribution in [1.82, 2.24) is 14.7 Å². The molecular formula is C15H25N3O2S. The van der Waals surface area contributed by atoms with Crippen molar-refractivity contribution < 1.29 is 9.59 Å². The number of carbonyl (C=O) groups excluding carboxylic acids is 2. The van der Waals surface area contributed by atoms with E-state index in [0.717, 1.165) is 31.7 Å². The van der Waals surface area contributed by atoms with Crippen LogP contribution in [0.2, 0.25) is 0 Å². The zero-order valence-electron chi connectivity index (χ0n) is 13.0. The number of hydrogen-bond donors (Lipinski definition) is 0. The van der Waals surface area contributed by atoms with E-state index in [4.69, 9.17) is 0 Å². The van der Waals surface area contributed by atoms with Gasteiger partial charge in [-0.25, -0.2) is 0 Å². The lowest BCUT2D eigenvalue weighted by Crippen LogP contribution is -2.53. The average Bonchev–Trinajstić information content (AvgIpc) is 3.17. The third kappa shape index (κ3) is 2.80. The summed E-state index contributed by atoms with van der Waals surface area (Å²) in [7, 11) is 2.17. The minimum absolute atomic E-state index is 0.0204. The van der Waals surface area contributed by atoms with Gasteiger partial charge < -0.3 is 14.7 Å². The maximum absolute atomic E-state index is 12.9. The van der Waals surface area contributed by atoms with Gasteiger partial charge in [0.05, 0.1) is 5.88 Å². The Morgan fingerprint density at radius 3 is 2.43 bits per heavy atom. The van der Waals surface area contributed by atoms with Crippen LogP contribution in [0.25, 0.3) is 0 Å². The molecule has 0 aromatic carbocycles. The topological polar surface area (TPSA) is 43.9 Å². The standard InChI is InChI=1S/C15H25N3O2S/c1-11(19)18-10-21-9-14(18)15(20)17-8-4-6-13(17)12-5-3-7-16(12)2/h12-14H,3-10H2,1-2H3/t12-,13-,14-/m1/s1. The summed E-state index contributed by atoms with van der Waals surface area (Å²) in [4.78, 5) is 30.9. The maximum atomic E-state index is 12.9. The summed E-state index contributed by atoms with van der Waals surface area (Å²) in [5.74, 6) is 1.61. The predicted molar refractivity (Wildman–Crippen MR) is 84.0 cm³/mol. The highest BCUT2D eigenvalue weighted by atomic mass is 32.2. The normalized spacial score (nSPS) is 33.9. The number of likely N-dealkylation sites (tertiary alicyclic amines) is 2. The van der Waals surface area contributed by atoms with Gasteiger partial charge >= 0.3 is 0 Å². The maximum Gasteiger partial charge on any atom is 0.246 e. The first kappa shape index (κ1) is 15.2. The van der Waals surface area contributed by atoms with Crippen molar-refractivity contribution in [2.45, 2.75) is 50.7 Å². The van der Waals surface area contributed by atoms with E-state index in [9.17, 15) is 9.59 Å². The van der Waals surface area contributed by atoms with E-state index >= 15 is 0 Å². The molecule has 0 bridgehead atoms. The Morgan fingerprint density at radius 1 is 1.05 bits per heavy atom. The van der Waals surface area contributed by atoms with Crippen LogP contribution in [0.4, 0.5) is 0 Å². The van der Waals surface area contributed by atoms with Crippen molar-refractivity contribution in [3.63, 3.8) is 0 Å². The Labute approximate surface area is 131 Å². The van der Waals surface area contributed by atoms with Crippen molar-refractivity contribution in [1.29, 1.82) is 0 Å². The van der Waals surface area contributed by atoms with Crippen molar-refractivity contribution in [2.75, 3.05) is 31.8 Å². The van der Waals surface area contributed by atoms with E-state index < -0.39 is 0 Å². The van der Waals surface area contributed by atoms with Gasteiger partial charge in [-0.15, -0.1) is 11.8 Å². The fraction of sp³-hybridized carbons (Fsp3) is 0.867. The number of rotatable bonds is 2. The van der Waals surface area contributed by atoms with Crippen LogP contribution in [0.15, 0.2) is 0 Å². The Morgan fingerprint density at radius 2 is 1.76 bits per heavy atom. The van der Waals surface area contributed by atoms with Crippen LogP contribution >= 0.6 is 11.8 Å². The lowest BCUT2D eigenvalue weighted by molar-refractivity contribution is -0.143. The van der Waals surface area contributed by atoms with Crippen LogP contribution in [-0.2, 0) is 9.59 Å². The molecule has 0 saturated carbocycles. The van der Waals surface area contributed by atoms with Crippen LogP contribution in [0.5, 0.6) is 0 Å². The third-order valence-corrected chi connectivity index (χ3v) is 6.19. The molecule has 3 atom stereocenters. The molecule has 3 rings (SSSR count). The molecule has 0 radical (unpaired) electrons. The molecule has 0 aromatic rings. The number of likely N-dealkylation sites (N-methyl/N-ethyl adjacent to an activating group) is 1. The molecule has 0 aromatic heterocycles. The molecule has 118 valence electrons. The molecular weight excluding hydrogens is 286 g/mol. The lowest BCUT2D eigenvalue weighted by atomic mass is 10.0. The summed E-state index contributed by atoms with van der Waals surface area (Å²) < 4.78 is 0. The summed E-state index contributed by atoms with van der Waals surface area (Å²) in [5, 5.41) is 0. The van der Waals surface area contributed by atoms with Crippen LogP contribution in [-0.4, -0.2) is 76.4 Å². The summed E-state index contributed by atoms with van der Waals surface area (Å²) >= 11 is 1.69. The zero-order chi connectivity index (χ0) is 15.0. The number of amides is 2. The van der Waals surface area contributed by atoms with E-state index in [1.54, 1.807) is 23.6 Å². The molecule has 0 spiro atoms. The van der Waals surface area contributed by atoms with Crippen molar-refractivity contribution in [2.24, 2.45) is 0 Å². The van der Waals surface area contributed by atoms with Crippen LogP contribution in [0, 0.1) is 0 Å². The quantitative estimate of drug-likeness (QED) is 0.763. The van der Waals surface area contributed by atoms with E-state index in [1.807, 2.05) is 0 Å².